The fraction of sp³-hybridized carbons (Fsp3) is 0.222. The van der Waals surface area contributed by atoms with E-state index in [1.165, 1.54) is 18.2 Å². The molecule has 2 aromatic rings. The van der Waals surface area contributed by atoms with Crippen LogP contribution < -0.4 is 16.0 Å². The monoisotopic (exact) mass is 363 g/mol. The highest BCUT2D eigenvalue weighted by molar-refractivity contribution is 6.31. The second kappa shape index (κ2) is 8.48. The smallest absolute Gasteiger partial charge is 0.251 e. The topological polar surface area (TPSA) is 70.2 Å². The summed E-state index contributed by atoms with van der Waals surface area (Å²) in [4.78, 5) is 23.9. The van der Waals surface area contributed by atoms with E-state index in [2.05, 4.69) is 16.0 Å². The van der Waals surface area contributed by atoms with Crippen molar-refractivity contribution in [1.29, 1.82) is 0 Å². The van der Waals surface area contributed by atoms with Crippen LogP contribution in [0.5, 0.6) is 0 Å². The van der Waals surface area contributed by atoms with Gasteiger partial charge >= 0.3 is 0 Å². The number of rotatable bonds is 6. The summed E-state index contributed by atoms with van der Waals surface area (Å²) < 4.78 is 13.1. The van der Waals surface area contributed by atoms with Crippen LogP contribution in [-0.2, 0) is 4.79 Å². The molecule has 0 atom stereocenters. The Bertz CT molecular complexity index is 781. The van der Waals surface area contributed by atoms with E-state index in [4.69, 9.17) is 11.6 Å². The molecule has 0 aromatic heterocycles. The van der Waals surface area contributed by atoms with Crippen molar-refractivity contribution in [3.05, 3.63) is 58.9 Å². The zero-order chi connectivity index (χ0) is 18.4. The van der Waals surface area contributed by atoms with E-state index in [1.807, 2.05) is 13.8 Å². The predicted molar refractivity (Wildman–Crippen MR) is 97.6 cm³/mol. The van der Waals surface area contributed by atoms with Gasteiger partial charge in [-0.2, -0.15) is 0 Å². The van der Waals surface area contributed by atoms with Crippen LogP contribution in [0.25, 0.3) is 0 Å². The molecule has 2 rings (SSSR count). The minimum absolute atomic E-state index is 0.00967. The molecular formula is C18H19ClFN3O2. The standard InChI is InChI=1S/C18H19ClFN3O2/c1-11(2)22-18(25)12-4-3-5-13(8-12)21-10-17(24)23-14-6-7-16(20)15(19)9-14/h3-9,11,21H,10H2,1-2H3,(H,22,25)(H,23,24). The molecule has 0 spiro atoms. The zero-order valence-electron chi connectivity index (χ0n) is 13.9. The van der Waals surface area contributed by atoms with Gasteiger partial charge in [0.15, 0.2) is 0 Å². The van der Waals surface area contributed by atoms with Crippen molar-refractivity contribution in [3.63, 3.8) is 0 Å². The van der Waals surface area contributed by atoms with Crippen LogP contribution in [0.15, 0.2) is 42.5 Å². The molecule has 0 saturated carbocycles. The van der Waals surface area contributed by atoms with Crippen LogP contribution >= 0.6 is 11.6 Å². The van der Waals surface area contributed by atoms with E-state index in [0.29, 0.717) is 16.9 Å². The van der Waals surface area contributed by atoms with E-state index in [0.717, 1.165) is 0 Å². The van der Waals surface area contributed by atoms with Gasteiger partial charge < -0.3 is 16.0 Å². The van der Waals surface area contributed by atoms with Gasteiger partial charge in [-0.25, -0.2) is 4.39 Å². The molecule has 3 N–H and O–H groups in total. The maximum atomic E-state index is 13.1. The molecular weight excluding hydrogens is 345 g/mol. The van der Waals surface area contributed by atoms with Crippen molar-refractivity contribution >= 4 is 34.8 Å². The van der Waals surface area contributed by atoms with Gasteiger partial charge in [-0.05, 0) is 50.2 Å². The fourth-order valence-electron chi connectivity index (χ4n) is 2.08. The lowest BCUT2D eigenvalue weighted by atomic mass is 10.1. The minimum atomic E-state index is -0.547. The van der Waals surface area contributed by atoms with Crippen molar-refractivity contribution in [2.75, 3.05) is 17.2 Å². The normalized spacial score (nSPS) is 10.4. The van der Waals surface area contributed by atoms with Crippen LogP contribution in [0.2, 0.25) is 5.02 Å². The van der Waals surface area contributed by atoms with E-state index in [9.17, 15) is 14.0 Å². The Labute approximate surface area is 150 Å². The number of amides is 2. The van der Waals surface area contributed by atoms with Gasteiger partial charge in [0, 0.05) is 23.0 Å². The molecule has 0 aliphatic rings. The number of halogens is 2. The van der Waals surface area contributed by atoms with Crippen molar-refractivity contribution in [3.8, 4) is 0 Å². The molecule has 25 heavy (non-hydrogen) atoms. The van der Waals surface area contributed by atoms with Gasteiger partial charge in [0.1, 0.15) is 5.82 Å². The largest absolute Gasteiger partial charge is 0.376 e. The first-order chi connectivity index (χ1) is 11.8. The van der Waals surface area contributed by atoms with Crippen LogP contribution in [0.1, 0.15) is 24.2 Å². The van der Waals surface area contributed by atoms with Gasteiger partial charge in [-0.15, -0.1) is 0 Å². The highest BCUT2D eigenvalue weighted by atomic mass is 35.5. The van der Waals surface area contributed by atoms with Crippen molar-refractivity contribution in [2.24, 2.45) is 0 Å². The SMILES string of the molecule is CC(C)NC(=O)c1cccc(NCC(=O)Nc2ccc(F)c(Cl)c2)c1. The molecule has 2 amide bonds. The first-order valence-electron chi connectivity index (χ1n) is 7.75. The van der Waals surface area contributed by atoms with Crippen molar-refractivity contribution < 1.29 is 14.0 Å². The third kappa shape index (κ3) is 5.76. The summed E-state index contributed by atoms with van der Waals surface area (Å²) in [6.45, 7) is 3.75. The Morgan fingerprint density at radius 1 is 1.12 bits per heavy atom. The number of nitrogens with one attached hydrogen (secondary N) is 3. The summed E-state index contributed by atoms with van der Waals surface area (Å²) >= 11 is 5.67. The number of carbonyl (C=O) groups is 2. The summed E-state index contributed by atoms with van der Waals surface area (Å²) in [5.74, 6) is -1.04. The molecule has 0 saturated heterocycles. The van der Waals surface area contributed by atoms with Crippen molar-refractivity contribution in [2.45, 2.75) is 19.9 Å². The lowest BCUT2D eigenvalue weighted by Crippen LogP contribution is -2.30. The molecule has 0 heterocycles. The first kappa shape index (κ1) is 18.7. The fourth-order valence-corrected chi connectivity index (χ4v) is 2.26. The second-order valence-electron chi connectivity index (χ2n) is 5.74. The molecule has 132 valence electrons. The summed E-state index contributed by atoms with van der Waals surface area (Å²) in [6, 6.07) is 10.8. The lowest BCUT2D eigenvalue weighted by molar-refractivity contribution is -0.114. The Morgan fingerprint density at radius 2 is 1.88 bits per heavy atom. The second-order valence-corrected chi connectivity index (χ2v) is 6.15. The summed E-state index contributed by atoms with van der Waals surface area (Å²) in [6.07, 6.45) is 0. The third-order valence-corrected chi connectivity index (χ3v) is 3.49. The number of anilines is 2. The van der Waals surface area contributed by atoms with E-state index >= 15 is 0 Å². The van der Waals surface area contributed by atoms with Gasteiger partial charge in [0.05, 0.1) is 11.6 Å². The summed E-state index contributed by atoms with van der Waals surface area (Å²) in [7, 11) is 0. The molecule has 0 bridgehead atoms. The number of hydrogen-bond acceptors (Lipinski definition) is 3. The van der Waals surface area contributed by atoms with Crippen molar-refractivity contribution in [1.82, 2.24) is 5.32 Å². The number of hydrogen-bond donors (Lipinski definition) is 3. The highest BCUT2D eigenvalue weighted by Crippen LogP contribution is 2.19. The molecule has 0 aliphatic carbocycles. The Hall–Kier alpha value is -2.60. The zero-order valence-corrected chi connectivity index (χ0v) is 14.7. The Kier molecular flexibility index (Phi) is 6.36. The summed E-state index contributed by atoms with van der Waals surface area (Å²) in [5.41, 5.74) is 1.55. The Balaban J connectivity index is 1.93. The first-order valence-corrected chi connectivity index (χ1v) is 8.12. The van der Waals surface area contributed by atoms with Gasteiger partial charge in [-0.1, -0.05) is 17.7 Å². The average molecular weight is 364 g/mol. The molecule has 0 fully saturated rings. The molecule has 0 unspecified atom stereocenters. The predicted octanol–water partition coefficient (Wildman–Crippen LogP) is 3.67. The molecule has 0 radical (unpaired) electrons. The van der Waals surface area contributed by atoms with Crippen LogP contribution in [0.4, 0.5) is 15.8 Å². The van der Waals surface area contributed by atoms with Crippen LogP contribution in [0, 0.1) is 5.82 Å². The van der Waals surface area contributed by atoms with Gasteiger partial charge in [0.2, 0.25) is 5.91 Å². The maximum Gasteiger partial charge on any atom is 0.251 e. The quantitative estimate of drug-likeness (QED) is 0.733. The maximum absolute atomic E-state index is 13.1. The molecule has 0 aliphatic heterocycles. The van der Waals surface area contributed by atoms with Crippen LogP contribution in [0.3, 0.4) is 0 Å². The Morgan fingerprint density at radius 3 is 2.56 bits per heavy atom. The molecule has 5 nitrogen and oxygen atoms in total. The average Bonchev–Trinajstić information content (AvgIpc) is 2.56. The minimum Gasteiger partial charge on any atom is -0.376 e. The van der Waals surface area contributed by atoms with Gasteiger partial charge in [-0.3, -0.25) is 9.59 Å². The summed E-state index contributed by atoms with van der Waals surface area (Å²) in [5, 5.41) is 8.30. The van der Waals surface area contributed by atoms with E-state index < -0.39 is 5.82 Å². The lowest BCUT2D eigenvalue weighted by Gasteiger charge is -2.11. The molecule has 2 aromatic carbocycles. The van der Waals surface area contributed by atoms with E-state index in [-0.39, 0.29) is 29.4 Å². The third-order valence-electron chi connectivity index (χ3n) is 3.20. The molecule has 7 heteroatoms. The number of carbonyl (C=O) groups excluding carboxylic acids is 2. The van der Waals surface area contributed by atoms with Gasteiger partial charge in [0.25, 0.3) is 5.91 Å². The van der Waals surface area contributed by atoms with E-state index in [1.54, 1.807) is 24.3 Å². The number of benzene rings is 2. The highest BCUT2D eigenvalue weighted by Gasteiger charge is 2.09. The van der Waals surface area contributed by atoms with Crippen LogP contribution in [-0.4, -0.2) is 24.4 Å².